The Bertz CT molecular complexity index is 613. The van der Waals surface area contributed by atoms with Crippen molar-refractivity contribution in [2.75, 3.05) is 6.54 Å². The van der Waals surface area contributed by atoms with E-state index in [0.29, 0.717) is 11.8 Å². The van der Waals surface area contributed by atoms with Gasteiger partial charge in [-0.25, -0.2) is 0 Å². The maximum Gasteiger partial charge on any atom is 0.235 e. The highest BCUT2D eigenvalue weighted by molar-refractivity contribution is 5.79. The summed E-state index contributed by atoms with van der Waals surface area (Å²) in [6, 6.07) is 11.1. The number of carbonyl (C=O) groups is 1. The zero-order chi connectivity index (χ0) is 18.4. The standard InChI is InChI=1S/C21H31N3O/c1-5-6-16-7-9-17(10-8-16)20(15(2)3)23-13-19(25)24-21(4,14-22)18-11-12-18/h7-10,15,18,20,23H,5-6,11-13H2,1-4H3,(H,24,25)/t20-,21-/m1/s1. The number of hydrogen-bond donors (Lipinski definition) is 2. The van der Waals surface area contributed by atoms with Crippen molar-refractivity contribution in [3.63, 3.8) is 0 Å². The number of aryl methyl sites for hydroxylation is 1. The van der Waals surface area contributed by atoms with Crippen LogP contribution in [0.25, 0.3) is 0 Å². The lowest BCUT2D eigenvalue weighted by Crippen LogP contribution is -2.50. The molecule has 1 aliphatic rings. The predicted molar refractivity (Wildman–Crippen MR) is 101 cm³/mol. The monoisotopic (exact) mass is 341 g/mol. The number of rotatable bonds is 9. The van der Waals surface area contributed by atoms with Crippen LogP contribution in [0.2, 0.25) is 0 Å². The Morgan fingerprint density at radius 3 is 2.44 bits per heavy atom. The van der Waals surface area contributed by atoms with Crippen molar-refractivity contribution in [1.29, 1.82) is 5.26 Å². The van der Waals surface area contributed by atoms with Gasteiger partial charge in [-0.2, -0.15) is 5.26 Å². The Morgan fingerprint density at radius 2 is 1.96 bits per heavy atom. The maximum atomic E-state index is 12.3. The molecule has 2 atom stereocenters. The van der Waals surface area contributed by atoms with Gasteiger partial charge >= 0.3 is 0 Å². The molecule has 4 heteroatoms. The molecular formula is C21H31N3O. The van der Waals surface area contributed by atoms with E-state index in [2.05, 4.69) is 61.7 Å². The van der Waals surface area contributed by atoms with Gasteiger partial charge in [0.25, 0.3) is 0 Å². The highest BCUT2D eigenvalue weighted by Gasteiger charge is 2.42. The van der Waals surface area contributed by atoms with Crippen molar-refractivity contribution in [2.45, 2.75) is 65.0 Å². The molecule has 0 heterocycles. The first-order chi connectivity index (χ1) is 11.9. The number of nitriles is 1. The molecule has 0 saturated heterocycles. The van der Waals surface area contributed by atoms with Crippen LogP contribution in [-0.4, -0.2) is 18.0 Å². The molecule has 1 fully saturated rings. The summed E-state index contributed by atoms with van der Waals surface area (Å²) in [6.45, 7) is 8.54. The summed E-state index contributed by atoms with van der Waals surface area (Å²) in [6.07, 6.45) is 4.29. The van der Waals surface area contributed by atoms with Gasteiger partial charge in [-0.15, -0.1) is 0 Å². The Balaban J connectivity index is 1.95. The minimum atomic E-state index is -0.728. The zero-order valence-corrected chi connectivity index (χ0v) is 15.9. The van der Waals surface area contributed by atoms with Gasteiger partial charge in [-0.1, -0.05) is 51.5 Å². The molecule has 1 aliphatic carbocycles. The molecule has 0 unspecified atom stereocenters. The van der Waals surface area contributed by atoms with Crippen LogP contribution >= 0.6 is 0 Å². The molecule has 0 aromatic heterocycles. The smallest absolute Gasteiger partial charge is 0.235 e. The van der Waals surface area contributed by atoms with Crippen LogP contribution in [-0.2, 0) is 11.2 Å². The van der Waals surface area contributed by atoms with Crippen molar-refractivity contribution in [3.8, 4) is 6.07 Å². The summed E-state index contributed by atoms with van der Waals surface area (Å²) in [5.41, 5.74) is 1.82. The van der Waals surface area contributed by atoms with Gasteiger partial charge in [0.15, 0.2) is 0 Å². The molecule has 0 bridgehead atoms. The number of carbonyl (C=O) groups excluding carboxylic acids is 1. The van der Waals surface area contributed by atoms with Crippen LogP contribution in [0.3, 0.4) is 0 Å². The van der Waals surface area contributed by atoms with E-state index in [1.54, 1.807) is 0 Å². The van der Waals surface area contributed by atoms with Crippen molar-refractivity contribution in [2.24, 2.45) is 11.8 Å². The molecular weight excluding hydrogens is 310 g/mol. The molecule has 0 aliphatic heterocycles. The molecule has 0 spiro atoms. The fraction of sp³-hybridized carbons (Fsp3) is 0.619. The van der Waals surface area contributed by atoms with Gasteiger partial charge < -0.3 is 10.6 Å². The van der Waals surface area contributed by atoms with Gasteiger partial charge in [-0.3, -0.25) is 4.79 Å². The van der Waals surface area contributed by atoms with Crippen molar-refractivity contribution < 1.29 is 4.79 Å². The first kappa shape index (κ1) is 19.5. The van der Waals surface area contributed by atoms with E-state index >= 15 is 0 Å². The van der Waals surface area contributed by atoms with Crippen LogP contribution in [0.5, 0.6) is 0 Å². The number of nitrogens with zero attached hydrogens (tertiary/aromatic N) is 1. The molecule has 136 valence electrons. The van der Waals surface area contributed by atoms with Crippen LogP contribution in [0, 0.1) is 23.2 Å². The normalized spacial score (nSPS) is 17.6. The summed E-state index contributed by atoms with van der Waals surface area (Å²) in [4.78, 5) is 12.3. The Hall–Kier alpha value is -1.86. The molecule has 2 rings (SSSR count). The second kappa shape index (κ2) is 8.49. The quantitative estimate of drug-likeness (QED) is 0.719. The van der Waals surface area contributed by atoms with E-state index in [1.165, 1.54) is 11.1 Å². The van der Waals surface area contributed by atoms with E-state index in [-0.39, 0.29) is 18.5 Å². The average Bonchev–Trinajstić information content (AvgIpc) is 3.42. The van der Waals surface area contributed by atoms with Crippen molar-refractivity contribution in [3.05, 3.63) is 35.4 Å². The molecule has 0 radical (unpaired) electrons. The Morgan fingerprint density at radius 1 is 1.32 bits per heavy atom. The van der Waals surface area contributed by atoms with Gasteiger partial charge in [0.05, 0.1) is 12.6 Å². The fourth-order valence-corrected chi connectivity index (χ4v) is 3.34. The number of benzene rings is 1. The number of amides is 1. The lowest BCUT2D eigenvalue weighted by Gasteiger charge is -2.26. The SMILES string of the molecule is CCCc1ccc([C@H](NCC(=O)N[C@](C)(C#N)C2CC2)C(C)C)cc1. The van der Waals surface area contributed by atoms with Gasteiger partial charge in [0, 0.05) is 6.04 Å². The number of nitrogens with one attached hydrogen (secondary N) is 2. The molecule has 4 nitrogen and oxygen atoms in total. The minimum absolute atomic E-state index is 0.107. The predicted octanol–water partition coefficient (Wildman–Crippen LogP) is 3.73. The van der Waals surface area contributed by atoms with Gasteiger partial charge in [0.1, 0.15) is 5.54 Å². The van der Waals surface area contributed by atoms with E-state index < -0.39 is 5.54 Å². The van der Waals surface area contributed by atoms with Crippen LogP contribution in [0.1, 0.15) is 64.1 Å². The topological polar surface area (TPSA) is 64.9 Å². The highest BCUT2D eigenvalue weighted by atomic mass is 16.2. The lowest BCUT2D eigenvalue weighted by molar-refractivity contribution is -0.121. The molecule has 2 N–H and O–H groups in total. The highest BCUT2D eigenvalue weighted by Crippen LogP contribution is 2.39. The minimum Gasteiger partial charge on any atom is -0.337 e. The van der Waals surface area contributed by atoms with E-state index in [0.717, 1.165) is 25.7 Å². The summed E-state index contributed by atoms with van der Waals surface area (Å²) >= 11 is 0. The first-order valence-electron chi connectivity index (χ1n) is 9.44. The Labute approximate surface area is 152 Å². The van der Waals surface area contributed by atoms with E-state index in [9.17, 15) is 10.1 Å². The molecule has 1 saturated carbocycles. The van der Waals surface area contributed by atoms with Gasteiger partial charge in [0.2, 0.25) is 5.91 Å². The second-order valence-corrected chi connectivity index (χ2v) is 7.73. The molecule has 25 heavy (non-hydrogen) atoms. The molecule has 1 aromatic carbocycles. The fourth-order valence-electron chi connectivity index (χ4n) is 3.34. The van der Waals surface area contributed by atoms with E-state index in [1.807, 2.05) is 6.92 Å². The molecule has 1 aromatic rings. The summed E-state index contributed by atoms with van der Waals surface area (Å²) in [5.74, 6) is 0.563. The third-order valence-electron chi connectivity index (χ3n) is 5.05. The lowest BCUT2D eigenvalue weighted by atomic mass is 9.94. The third-order valence-corrected chi connectivity index (χ3v) is 5.05. The van der Waals surface area contributed by atoms with Crippen LogP contribution < -0.4 is 10.6 Å². The first-order valence-corrected chi connectivity index (χ1v) is 9.44. The average molecular weight is 341 g/mol. The summed E-state index contributed by atoms with van der Waals surface area (Å²) < 4.78 is 0. The zero-order valence-electron chi connectivity index (χ0n) is 15.9. The number of hydrogen-bond acceptors (Lipinski definition) is 3. The van der Waals surface area contributed by atoms with Crippen LogP contribution in [0.4, 0.5) is 0 Å². The van der Waals surface area contributed by atoms with E-state index in [4.69, 9.17) is 0 Å². The molecule has 1 amide bonds. The van der Waals surface area contributed by atoms with Crippen molar-refractivity contribution >= 4 is 5.91 Å². The summed E-state index contributed by atoms with van der Waals surface area (Å²) in [7, 11) is 0. The largest absolute Gasteiger partial charge is 0.337 e. The van der Waals surface area contributed by atoms with Crippen LogP contribution in [0.15, 0.2) is 24.3 Å². The second-order valence-electron chi connectivity index (χ2n) is 7.73. The Kier molecular flexibility index (Phi) is 6.61. The van der Waals surface area contributed by atoms with Gasteiger partial charge in [-0.05, 0) is 49.1 Å². The summed E-state index contributed by atoms with van der Waals surface area (Å²) in [5, 5.41) is 15.7. The third kappa shape index (κ3) is 5.31. The maximum absolute atomic E-state index is 12.3. The van der Waals surface area contributed by atoms with Crippen molar-refractivity contribution in [1.82, 2.24) is 10.6 Å².